The first kappa shape index (κ1) is 10.9. The van der Waals surface area contributed by atoms with Crippen LogP contribution < -0.4 is 5.32 Å². The van der Waals surface area contributed by atoms with Gasteiger partial charge in [0.1, 0.15) is 5.82 Å². The van der Waals surface area contributed by atoms with E-state index in [2.05, 4.69) is 26.2 Å². The van der Waals surface area contributed by atoms with Crippen molar-refractivity contribution in [2.24, 2.45) is 5.92 Å². The highest BCUT2D eigenvalue weighted by Crippen LogP contribution is 2.33. The van der Waals surface area contributed by atoms with Crippen LogP contribution >= 0.6 is 15.9 Å². The van der Waals surface area contributed by atoms with Gasteiger partial charge in [0.05, 0.1) is 10.6 Å². The van der Waals surface area contributed by atoms with Crippen LogP contribution in [0.2, 0.25) is 0 Å². The van der Waals surface area contributed by atoms with E-state index in [1.807, 2.05) is 13.0 Å². The van der Waals surface area contributed by atoms with Crippen molar-refractivity contribution in [1.29, 1.82) is 0 Å². The fourth-order valence-electron chi connectivity index (χ4n) is 1.51. The van der Waals surface area contributed by atoms with Crippen molar-refractivity contribution in [3.05, 3.63) is 22.3 Å². The molecule has 3 nitrogen and oxygen atoms in total. The second-order valence-electron chi connectivity index (χ2n) is 4.08. The minimum atomic E-state index is -0.237. The summed E-state index contributed by atoms with van der Waals surface area (Å²) in [5, 5.41) is 12.9. The summed E-state index contributed by atoms with van der Waals surface area (Å²) in [6.45, 7) is 2.61. The van der Waals surface area contributed by atoms with E-state index in [0.29, 0.717) is 12.5 Å². The van der Waals surface area contributed by atoms with Gasteiger partial charge in [0.2, 0.25) is 0 Å². The summed E-state index contributed by atoms with van der Waals surface area (Å²) in [7, 11) is 0. The Morgan fingerprint density at radius 1 is 1.67 bits per heavy atom. The molecule has 0 aliphatic heterocycles. The van der Waals surface area contributed by atoms with Crippen LogP contribution in [0.25, 0.3) is 0 Å². The Morgan fingerprint density at radius 2 is 2.40 bits per heavy atom. The van der Waals surface area contributed by atoms with Gasteiger partial charge in [-0.1, -0.05) is 0 Å². The normalized spacial score (nSPS) is 17.5. The fraction of sp³-hybridized carbons (Fsp3) is 0.545. The molecule has 0 aromatic carbocycles. The van der Waals surface area contributed by atoms with Crippen molar-refractivity contribution >= 4 is 21.7 Å². The molecular formula is C11H15BrN2O. The number of hydrogen-bond donors (Lipinski definition) is 2. The van der Waals surface area contributed by atoms with Crippen LogP contribution in [0, 0.1) is 12.8 Å². The van der Waals surface area contributed by atoms with E-state index in [-0.39, 0.29) is 6.10 Å². The van der Waals surface area contributed by atoms with Crippen LogP contribution in [-0.4, -0.2) is 22.7 Å². The summed E-state index contributed by atoms with van der Waals surface area (Å²) in [4.78, 5) is 4.22. The quantitative estimate of drug-likeness (QED) is 0.883. The molecule has 0 saturated heterocycles. The number of anilines is 1. The number of rotatable bonds is 4. The van der Waals surface area contributed by atoms with Crippen LogP contribution in [0.4, 0.5) is 5.82 Å². The van der Waals surface area contributed by atoms with Gasteiger partial charge < -0.3 is 10.4 Å². The zero-order valence-corrected chi connectivity index (χ0v) is 10.3. The zero-order valence-electron chi connectivity index (χ0n) is 8.70. The van der Waals surface area contributed by atoms with Crippen molar-refractivity contribution in [1.82, 2.24) is 4.98 Å². The number of halogens is 1. The number of nitrogens with one attached hydrogen (secondary N) is 1. The Hall–Kier alpha value is -0.610. The van der Waals surface area contributed by atoms with Gasteiger partial charge in [0.15, 0.2) is 0 Å². The number of hydrogen-bond acceptors (Lipinski definition) is 3. The van der Waals surface area contributed by atoms with Crippen molar-refractivity contribution in [2.45, 2.75) is 25.9 Å². The second kappa shape index (κ2) is 4.49. The van der Waals surface area contributed by atoms with Gasteiger partial charge in [-0.2, -0.15) is 0 Å². The Balaban J connectivity index is 1.95. The van der Waals surface area contributed by atoms with Crippen LogP contribution in [0.5, 0.6) is 0 Å². The molecule has 0 amide bonds. The van der Waals surface area contributed by atoms with E-state index in [0.717, 1.165) is 28.7 Å². The molecule has 82 valence electrons. The van der Waals surface area contributed by atoms with Crippen molar-refractivity contribution in [3.63, 3.8) is 0 Å². The van der Waals surface area contributed by atoms with Crippen LogP contribution in [0.3, 0.4) is 0 Å². The fourth-order valence-corrected chi connectivity index (χ4v) is 1.89. The Morgan fingerprint density at radius 3 is 3.07 bits per heavy atom. The first-order valence-electron chi connectivity index (χ1n) is 5.21. The Bertz CT molecular complexity index is 352. The number of nitrogens with zero attached hydrogens (tertiary/aromatic N) is 1. The highest BCUT2D eigenvalue weighted by Gasteiger charge is 2.29. The molecule has 1 aliphatic carbocycles. The molecule has 4 heteroatoms. The maximum atomic E-state index is 9.70. The Kier molecular flexibility index (Phi) is 3.26. The molecule has 1 saturated carbocycles. The lowest BCUT2D eigenvalue weighted by Gasteiger charge is -2.12. The monoisotopic (exact) mass is 270 g/mol. The predicted molar refractivity (Wildman–Crippen MR) is 63.9 cm³/mol. The largest absolute Gasteiger partial charge is 0.391 e. The lowest BCUT2D eigenvalue weighted by atomic mass is 10.2. The predicted octanol–water partition coefficient (Wildman–Crippen LogP) is 2.34. The summed E-state index contributed by atoms with van der Waals surface area (Å²) < 4.78 is 0.980. The van der Waals surface area contributed by atoms with E-state index in [4.69, 9.17) is 0 Å². The first-order chi connectivity index (χ1) is 7.18. The number of aryl methyl sites for hydroxylation is 1. The lowest BCUT2D eigenvalue weighted by molar-refractivity contribution is 0.164. The molecule has 1 unspecified atom stereocenters. The van der Waals surface area contributed by atoms with Crippen molar-refractivity contribution in [2.75, 3.05) is 11.9 Å². The summed E-state index contributed by atoms with van der Waals surface area (Å²) in [5.41, 5.74) is 1.15. The van der Waals surface area contributed by atoms with E-state index in [1.165, 1.54) is 0 Å². The molecule has 1 aliphatic rings. The average molecular weight is 271 g/mol. The summed E-state index contributed by atoms with van der Waals surface area (Å²) in [6.07, 6.45) is 3.85. The maximum absolute atomic E-state index is 9.70. The van der Waals surface area contributed by atoms with Crippen LogP contribution in [0.15, 0.2) is 16.7 Å². The van der Waals surface area contributed by atoms with E-state index in [1.54, 1.807) is 6.20 Å². The van der Waals surface area contributed by atoms with Gasteiger partial charge in [-0.15, -0.1) is 0 Å². The molecule has 2 rings (SSSR count). The highest BCUT2D eigenvalue weighted by atomic mass is 79.9. The van der Waals surface area contributed by atoms with Crippen molar-refractivity contribution in [3.8, 4) is 0 Å². The zero-order chi connectivity index (χ0) is 10.8. The molecule has 1 fully saturated rings. The molecule has 1 atom stereocenters. The highest BCUT2D eigenvalue weighted by molar-refractivity contribution is 9.10. The summed E-state index contributed by atoms with van der Waals surface area (Å²) in [6, 6.07) is 1.95. The van der Waals surface area contributed by atoms with E-state index in [9.17, 15) is 5.11 Å². The summed E-state index contributed by atoms with van der Waals surface area (Å²) in [5.74, 6) is 1.32. The number of pyridine rings is 1. The number of aliphatic hydroxyl groups is 1. The van der Waals surface area contributed by atoms with Crippen LogP contribution in [0.1, 0.15) is 18.4 Å². The lowest BCUT2D eigenvalue weighted by Crippen LogP contribution is -2.22. The standard InChI is InChI=1S/C11H15BrN2O/c1-7-4-5-13-11(10(7)12)14-6-9(15)8-2-3-8/h4-5,8-9,15H,2-3,6H2,1H3,(H,13,14). The third kappa shape index (κ3) is 2.69. The Labute approximate surface area is 98.0 Å². The molecule has 0 bridgehead atoms. The smallest absolute Gasteiger partial charge is 0.140 e. The van der Waals surface area contributed by atoms with Gasteiger partial charge in [-0.3, -0.25) is 0 Å². The molecule has 2 N–H and O–H groups in total. The molecule has 1 heterocycles. The van der Waals surface area contributed by atoms with Gasteiger partial charge >= 0.3 is 0 Å². The molecule has 1 aromatic heterocycles. The molecule has 15 heavy (non-hydrogen) atoms. The molecule has 1 aromatic rings. The summed E-state index contributed by atoms with van der Waals surface area (Å²) >= 11 is 3.48. The average Bonchev–Trinajstić information content (AvgIpc) is 3.03. The van der Waals surface area contributed by atoms with E-state index >= 15 is 0 Å². The topological polar surface area (TPSA) is 45.2 Å². The maximum Gasteiger partial charge on any atom is 0.140 e. The minimum Gasteiger partial charge on any atom is -0.391 e. The number of aliphatic hydroxyl groups excluding tert-OH is 1. The van der Waals surface area contributed by atoms with Gasteiger partial charge in [0.25, 0.3) is 0 Å². The second-order valence-corrected chi connectivity index (χ2v) is 4.87. The third-order valence-electron chi connectivity index (χ3n) is 2.73. The SMILES string of the molecule is Cc1ccnc(NCC(O)C2CC2)c1Br. The van der Waals surface area contributed by atoms with Gasteiger partial charge in [0, 0.05) is 12.7 Å². The third-order valence-corrected chi connectivity index (χ3v) is 3.73. The van der Waals surface area contributed by atoms with Gasteiger partial charge in [-0.05, 0) is 53.2 Å². The first-order valence-corrected chi connectivity index (χ1v) is 6.01. The van der Waals surface area contributed by atoms with Crippen LogP contribution in [-0.2, 0) is 0 Å². The molecular weight excluding hydrogens is 256 g/mol. The van der Waals surface area contributed by atoms with E-state index < -0.39 is 0 Å². The number of aromatic nitrogens is 1. The minimum absolute atomic E-state index is 0.237. The molecule has 0 radical (unpaired) electrons. The molecule has 0 spiro atoms. The van der Waals surface area contributed by atoms with Crippen molar-refractivity contribution < 1.29 is 5.11 Å². The van der Waals surface area contributed by atoms with Gasteiger partial charge in [-0.25, -0.2) is 4.98 Å².